The van der Waals surface area contributed by atoms with E-state index in [0.29, 0.717) is 19.4 Å². The molecule has 4 aromatic rings. The summed E-state index contributed by atoms with van der Waals surface area (Å²) in [7, 11) is 1.65. The van der Waals surface area contributed by atoms with E-state index in [1.807, 2.05) is 30.3 Å². The Morgan fingerprint density at radius 1 is 1.11 bits per heavy atom. The van der Waals surface area contributed by atoms with E-state index in [-0.39, 0.29) is 17.4 Å². The largest absolute Gasteiger partial charge is 0.506 e. The van der Waals surface area contributed by atoms with Gasteiger partial charge >= 0.3 is 0 Å². The van der Waals surface area contributed by atoms with Gasteiger partial charge in [0.05, 0.1) is 27.9 Å². The van der Waals surface area contributed by atoms with Crippen molar-refractivity contribution < 1.29 is 9.84 Å². The minimum atomic E-state index is -0.263. The lowest BCUT2D eigenvalue weighted by atomic mass is 9.83. The van der Waals surface area contributed by atoms with E-state index in [1.54, 1.807) is 29.9 Å². The second kappa shape index (κ2) is 9.18. The summed E-state index contributed by atoms with van der Waals surface area (Å²) in [6, 6.07) is 19.6. The summed E-state index contributed by atoms with van der Waals surface area (Å²) in [6.45, 7) is 0. The normalized spacial score (nSPS) is 16.8. The fourth-order valence-corrected chi connectivity index (χ4v) is 7.20. The average molecular weight is 624 g/mol. The third-order valence-corrected chi connectivity index (χ3v) is 8.69. The maximum absolute atomic E-state index is 13.9. The molecular weight excluding hydrogens is 604 g/mol. The number of rotatable bonds is 3. The number of thiazole rings is 1. The Morgan fingerprint density at radius 3 is 2.67 bits per heavy atom. The third-order valence-electron chi connectivity index (χ3n) is 6.65. The molecule has 0 fully saturated rings. The molecule has 1 atom stereocenters. The third kappa shape index (κ3) is 3.88. The number of ether oxygens (including phenoxy) is 1. The van der Waals surface area contributed by atoms with Crippen molar-refractivity contribution in [3.63, 3.8) is 0 Å². The molecule has 6 rings (SSSR count). The molecule has 0 saturated carbocycles. The molecule has 0 saturated heterocycles. The molecule has 3 aromatic carbocycles. The van der Waals surface area contributed by atoms with Crippen LogP contribution in [-0.4, -0.2) is 16.8 Å². The van der Waals surface area contributed by atoms with Gasteiger partial charge in [-0.2, -0.15) is 0 Å². The predicted molar refractivity (Wildman–Crippen MR) is 149 cm³/mol. The number of aromatic hydroxyl groups is 1. The van der Waals surface area contributed by atoms with Gasteiger partial charge in [0.25, 0.3) is 5.56 Å². The van der Waals surface area contributed by atoms with Crippen molar-refractivity contribution in [3.8, 4) is 11.5 Å². The van der Waals surface area contributed by atoms with Crippen LogP contribution >= 0.6 is 43.2 Å². The molecule has 2 aliphatic rings. The summed E-state index contributed by atoms with van der Waals surface area (Å²) in [5.41, 5.74) is 5.94. The van der Waals surface area contributed by atoms with Gasteiger partial charge in [-0.1, -0.05) is 63.7 Å². The van der Waals surface area contributed by atoms with Gasteiger partial charge in [0.15, 0.2) is 4.80 Å². The van der Waals surface area contributed by atoms with Crippen molar-refractivity contribution in [2.45, 2.75) is 18.9 Å². The zero-order chi connectivity index (χ0) is 25.0. The molecule has 1 unspecified atom stereocenters. The Morgan fingerprint density at radius 2 is 1.89 bits per heavy atom. The van der Waals surface area contributed by atoms with E-state index in [1.165, 1.54) is 16.9 Å². The van der Waals surface area contributed by atoms with Crippen LogP contribution in [0, 0.1) is 0 Å². The van der Waals surface area contributed by atoms with Crippen molar-refractivity contribution in [3.05, 3.63) is 117 Å². The lowest BCUT2D eigenvalue weighted by Crippen LogP contribution is -2.38. The topological polar surface area (TPSA) is 63.8 Å². The van der Waals surface area contributed by atoms with Crippen molar-refractivity contribution in [2.75, 3.05) is 7.11 Å². The minimum absolute atomic E-state index is 0.0870. The summed E-state index contributed by atoms with van der Waals surface area (Å²) in [5, 5.41) is 10.6. The minimum Gasteiger partial charge on any atom is -0.506 e. The van der Waals surface area contributed by atoms with E-state index in [4.69, 9.17) is 9.73 Å². The van der Waals surface area contributed by atoms with Crippen LogP contribution in [0.2, 0.25) is 0 Å². The second-order valence-corrected chi connectivity index (χ2v) is 11.5. The van der Waals surface area contributed by atoms with Crippen LogP contribution in [0.3, 0.4) is 0 Å². The van der Waals surface area contributed by atoms with Gasteiger partial charge in [0.1, 0.15) is 11.5 Å². The van der Waals surface area contributed by atoms with Gasteiger partial charge in [-0.15, -0.1) is 0 Å². The van der Waals surface area contributed by atoms with Gasteiger partial charge < -0.3 is 9.84 Å². The summed E-state index contributed by atoms with van der Waals surface area (Å²) >= 11 is 8.19. The summed E-state index contributed by atoms with van der Waals surface area (Å²) in [6.07, 6.45) is 3.47. The summed E-state index contributed by atoms with van der Waals surface area (Å²) < 4.78 is 9.04. The van der Waals surface area contributed by atoms with Crippen LogP contribution < -0.4 is 19.6 Å². The van der Waals surface area contributed by atoms with Crippen molar-refractivity contribution in [1.29, 1.82) is 0 Å². The molecular formula is C28H20Br2N2O3S. The second-order valence-electron chi connectivity index (χ2n) is 8.71. The number of phenols is 1. The van der Waals surface area contributed by atoms with Crippen molar-refractivity contribution in [2.24, 2.45) is 4.99 Å². The van der Waals surface area contributed by atoms with Gasteiger partial charge in [0, 0.05) is 15.6 Å². The number of phenolic OH excluding ortho intramolecular Hbond substituents is 1. The number of nitrogens with zero attached hydrogens (tertiary/aromatic N) is 2. The van der Waals surface area contributed by atoms with Gasteiger partial charge in [-0.25, -0.2) is 4.99 Å². The van der Waals surface area contributed by atoms with Crippen LogP contribution in [-0.2, 0) is 6.42 Å². The molecule has 36 heavy (non-hydrogen) atoms. The molecule has 8 heteroatoms. The van der Waals surface area contributed by atoms with Crippen molar-refractivity contribution in [1.82, 2.24) is 4.57 Å². The molecule has 1 aromatic heterocycles. The predicted octanol–water partition coefficient (Wildman–Crippen LogP) is 5.56. The fraction of sp³-hybridized carbons (Fsp3) is 0.143. The zero-order valence-electron chi connectivity index (χ0n) is 19.2. The number of hydrogen-bond donors (Lipinski definition) is 1. The Kier molecular flexibility index (Phi) is 5.98. The van der Waals surface area contributed by atoms with E-state index in [0.717, 1.165) is 45.5 Å². The van der Waals surface area contributed by atoms with Crippen LogP contribution in [0.4, 0.5) is 0 Å². The highest BCUT2D eigenvalue weighted by molar-refractivity contribution is 9.11. The number of halogens is 2. The smallest absolute Gasteiger partial charge is 0.271 e. The van der Waals surface area contributed by atoms with E-state index in [2.05, 4.69) is 50.1 Å². The van der Waals surface area contributed by atoms with Gasteiger partial charge in [-0.3, -0.25) is 9.36 Å². The Hall–Kier alpha value is -2.94. The number of allylic oxidation sites excluding steroid dienone is 1. The molecule has 1 aliphatic carbocycles. The molecule has 1 aliphatic heterocycles. The molecule has 180 valence electrons. The SMILES string of the molecule is COc1ccc(C2C3=C(N=c4sc(=Cc5cc(Br)cc(Br)c5O)c(=O)n42)c2ccccc2CC3)cc1. The number of fused-ring (bicyclic) bond motifs is 3. The van der Waals surface area contributed by atoms with Crippen LogP contribution in [0.25, 0.3) is 11.8 Å². The highest BCUT2D eigenvalue weighted by Crippen LogP contribution is 2.41. The van der Waals surface area contributed by atoms with Crippen LogP contribution in [0.5, 0.6) is 11.5 Å². The summed E-state index contributed by atoms with van der Waals surface area (Å²) in [4.78, 5) is 19.5. The monoisotopic (exact) mass is 622 g/mol. The summed E-state index contributed by atoms with van der Waals surface area (Å²) in [5.74, 6) is 0.856. The first-order valence-electron chi connectivity index (χ1n) is 11.4. The van der Waals surface area contributed by atoms with Gasteiger partial charge in [-0.05, 0) is 75.8 Å². The molecule has 5 nitrogen and oxygen atoms in total. The molecule has 2 heterocycles. The maximum Gasteiger partial charge on any atom is 0.271 e. The van der Waals surface area contributed by atoms with E-state index in [9.17, 15) is 9.90 Å². The molecule has 0 amide bonds. The molecule has 0 bridgehead atoms. The lowest BCUT2D eigenvalue weighted by Gasteiger charge is -2.30. The standard InChI is InChI=1S/C28H20Br2N2O3S/c1-35-19-9-6-16(7-10-19)25-21-11-8-15-4-2-3-5-20(15)24(21)31-28-32(25)27(34)23(36-28)13-17-12-18(29)14-22(30)26(17)33/h2-7,9-10,12-14,25,33H,8,11H2,1H3. The van der Waals surface area contributed by atoms with Gasteiger partial charge in [0.2, 0.25) is 0 Å². The zero-order valence-corrected chi connectivity index (χ0v) is 23.2. The number of hydrogen-bond acceptors (Lipinski definition) is 5. The highest BCUT2D eigenvalue weighted by atomic mass is 79.9. The molecule has 0 spiro atoms. The fourth-order valence-electron chi connectivity index (χ4n) is 4.95. The number of benzene rings is 3. The van der Waals surface area contributed by atoms with E-state index >= 15 is 0 Å². The quantitative estimate of drug-likeness (QED) is 0.325. The molecule has 1 N–H and O–H groups in total. The van der Waals surface area contributed by atoms with Crippen LogP contribution in [0.15, 0.2) is 85.0 Å². The van der Waals surface area contributed by atoms with Crippen LogP contribution in [0.1, 0.15) is 34.7 Å². The number of methoxy groups -OCH3 is 1. The lowest BCUT2D eigenvalue weighted by molar-refractivity contribution is 0.414. The maximum atomic E-state index is 13.9. The van der Waals surface area contributed by atoms with E-state index < -0.39 is 0 Å². The Balaban J connectivity index is 1.62. The first kappa shape index (κ1) is 23.5. The Labute approximate surface area is 228 Å². The highest BCUT2D eigenvalue weighted by Gasteiger charge is 2.32. The first-order valence-corrected chi connectivity index (χ1v) is 13.8. The number of aromatic nitrogens is 1. The van der Waals surface area contributed by atoms with Crippen molar-refractivity contribution >= 4 is 55.0 Å². The molecule has 0 radical (unpaired) electrons. The average Bonchev–Trinajstić information content (AvgIpc) is 3.20. The Bertz CT molecular complexity index is 1740. The number of aryl methyl sites for hydroxylation is 1. The first-order chi connectivity index (χ1) is 17.4.